The number of piperidine rings is 1. The largest absolute Gasteiger partial charge is 0.492 e. The van der Waals surface area contributed by atoms with Crippen molar-refractivity contribution in [1.82, 2.24) is 29.5 Å². The lowest BCUT2D eigenvalue weighted by Crippen LogP contribution is -2.34. The molecule has 0 spiro atoms. The average molecular weight is 452 g/mol. The van der Waals surface area contributed by atoms with Crippen molar-refractivity contribution >= 4 is 23.4 Å². The highest BCUT2D eigenvalue weighted by Gasteiger charge is 2.19. The molecule has 1 fully saturated rings. The zero-order chi connectivity index (χ0) is 23.0. The Morgan fingerprint density at radius 3 is 2.97 bits per heavy atom. The van der Waals surface area contributed by atoms with Crippen LogP contribution in [-0.4, -0.2) is 81.8 Å². The first-order valence-corrected chi connectivity index (χ1v) is 11.2. The second-order valence-corrected chi connectivity index (χ2v) is 8.24. The van der Waals surface area contributed by atoms with Crippen LogP contribution in [0.4, 0.5) is 17.5 Å². The summed E-state index contributed by atoms with van der Waals surface area (Å²) in [5, 5.41) is 20.3. The van der Waals surface area contributed by atoms with Gasteiger partial charge in [0.15, 0.2) is 6.61 Å². The fourth-order valence-corrected chi connectivity index (χ4v) is 3.89. The normalized spacial score (nSPS) is 17.3. The summed E-state index contributed by atoms with van der Waals surface area (Å²) in [6.07, 6.45) is 11.5. The van der Waals surface area contributed by atoms with E-state index in [0.29, 0.717) is 49.4 Å². The molecule has 11 heteroatoms. The van der Waals surface area contributed by atoms with Gasteiger partial charge in [-0.15, -0.1) is 0 Å². The third-order valence-electron chi connectivity index (χ3n) is 5.80. The van der Waals surface area contributed by atoms with E-state index in [4.69, 9.17) is 4.74 Å². The van der Waals surface area contributed by atoms with Gasteiger partial charge in [-0.2, -0.15) is 15.3 Å². The van der Waals surface area contributed by atoms with Crippen molar-refractivity contribution in [3.8, 4) is 6.07 Å². The molecule has 2 aromatic rings. The van der Waals surface area contributed by atoms with E-state index in [9.17, 15) is 10.1 Å². The number of likely N-dealkylation sites (tertiary alicyclic amines) is 1. The minimum Gasteiger partial charge on any atom is -0.492 e. The Morgan fingerprint density at radius 2 is 2.15 bits per heavy atom. The summed E-state index contributed by atoms with van der Waals surface area (Å²) in [4.78, 5) is 24.8. The van der Waals surface area contributed by atoms with Gasteiger partial charge in [-0.05, 0) is 45.5 Å². The first-order chi connectivity index (χ1) is 16.1. The molecule has 33 heavy (non-hydrogen) atoms. The van der Waals surface area contributed by atoms with Crippen molar-refractivity contribution in [2.45, 2.75) is 25.3 Å². The van der Waals surface area contributed by atoms with Gasteiger partial charge in [0.05, 0.1) is 30.4 Å². The molecule has 0 bridgehead atoms. The predicted octanol–water partition coefficient (Wildman–Crippen LogP) is 1.73. The lowest BCUT2D eigenvalue weighted by molar-refractivity contribution is -0.133. The maximum absolute atomic E-state index is 12.0. The highest BCUT2D eigenvalue weighted by molar-refractivity contribution is 5.77. The molecule has 2 aromatic heterocycles. The van der Waals surface area contributed by atoms with E-state index in [0.717, 1.165) is 31.6 Å². The summed E-state index contributed by atoms with van der Waals surface area (Å²) >= 11 is 0. The van der Waals surface area contributed by atoms with E-state index < -0.39 is 0 Å². The highest BCUT2D eigenvalue weighted by atomic mass is 16.5. The van der Waals surface area contributed by atoms with Gasteiger partial charge in [0.25, 0.3) is 5.91 Å². The Morgan fingerprint density at radius 1 is 1.30 bits per heavy atom. The van der Waals surface area contributed by atoms with Crippen LogP contribution in [0.15, 0.2) is 30.9 Å². The number of nitrogens with one attached hydrogen (secondary N) is 2. The maximum Gasteiger partial charge on any atom is 0.260 e. The molecule has 2 N–H and O–H groups in total. The molecule has 4 rings (SSSR count). The lowest BCUT2D eigenvalue weighted by atomic mass is 10.1. The molecule has 0 aromatic carbocycles. The molecule has 0 atom stereocenters. The number of carbonyl (C=O) groups excluding carboxylic acids is 1. The number of rotatable bonds is 8. The van der Waals surface area contributed by atoms with E-state index in [1.807, 2.05) is 17.0 Å². The number of carbonyl (C=O) groups is 1. The predicted molar refractivity (Wildman–Crippen MR) is 123 cm³/mol. The minimum absolute atomic E-state index is 0.0352. The van der Waals surface area contributed by atoms with Gasteiger partial charge >= 0.3 is 0 Å². The molecular formula is C22H29N9O2. The first-order valence-electron chi connectivity index (χ1n) is 11.2. The van der Waals surface area contributed by atoms with Crippen molar-refractivity contribution in [2.24, 2.45) is 0 Å². The Labute approximate surface area is 193 Å². The number of hydrogen-bond donors (Lipinski definition) is 2. The fourth-order valence-electron chi connectivity index (χ4n) is 3.89. The molecule has 11 nitrogen and oxygen atoms in total. The van der Waals surface area contributed by atoms with Crippen LogP contribution in [0.1, 0.15) is 30.9 Å². The van der Waals surface area contributed by atoms with E-state index >= 15 is 0 Å². The zero-order valence-corrected chi connectivity index (χ0v) is 18.8. The zero-order valence-electron chi connectivity index (χ0n) is 18.8. The van der Waals surface area contributed by atoms with Gasteiger partial charge in [0.1, 0.15) is 17.5 Å². The van der Waals surface area contributed by atoms with Crippen LogP contribution in [0.3, 0.4) is 0 Å². The number of amides is 1. The summed E-state index contributed by atoms with van der Waals surface area (Å²) in [7, 11) is 2.14. The fraction of sp³-hybridized carbons (Fsp3) is 0.500. The van der Waals surface area contributed by atoms with E-state index in [-0.39, 0.29) is 12.5 Å². The lowest BCUT2D eigenvalue weighted by Gasteiger charge is -2.28. The van der Waals surface area contributed by atoms with Crippen molar-refractivity contribution in [3.05, 3.63) is 36.5 Å². The highest BCUT2D eigenvalue weighted by Crippen LogP contribution is 2.23. The van der Waals surface area contributed by atoms with E-state index in [1.54, 1.807) is 17.4 Å². The number of nitriles is 1. The number of nitrogens with zero attached hydrogens (tertiary/aromatic N) is 7. The van der Waals surface area contributed by atoms with Gasteiger partial charge in [-0.3, -0.25) is 9.48 Å². The van der Waals surface area contributed by atoms with Crippen LogP contribution < -0.4 is 10.6 Å². The second kappa shape index (κ2) is 10.8. The van der Waals surface area contributed by atoms with E-state index in [1.165, 1.54) is 6.20 Å². The van der Waals surface area contributed by atoms with Crippen LogP contribution in [0.2, 0.25) is 0 Å². The van der Waals surface area contributed by atoms with Crippen LogP contribution in [0, 0.1) is 11.3 Å². The average Bonchev–Trinajstić information content (AvgIpc) is 3.19. The minimum atomic E-state index is -0.0352. The molecule has 0 saturated carbocycles. The summed E-state index contributed by atoms with van der Waals surface area (Å²) in [6, 6.07) is 2.51. The van der Waals surface area contributed by atoms with Crippen molar-refractivity contribution in [1.29, 1.82) is 5.26 Å². The summed E-state index contributed by atoms with van der Waals surface area (Å²) in [6.45, 7) is 3.89. The molecule has 2 aliphatic rings. The van der Waals surface area contributed by atoms with Gasteiger partial charge in [-0.25, -0.2) is 4.98 Å². The molecule has 0 radical (unpaired) electrons. The smallest absolute Gasteiger partial charge is 0.260 e. The first kappa shape index (κ1) is 22.5. The monoisotopic (exact) mass is 451 g/mol. The number of aromatic nitrogens is 4. The van der Waals surface area contributed by atoms with E-state index in [2.05, 4.69) is 43.7 Å². The van der Waals surface area contributed by atoms with Gasteiger partial charge in [0, 0.05) is 25.8 Å². The molecule has 4 heterocycles. The Balaban J connectivity index is 1.32. The standard InChI is InChI=1S/C22H29N9O2/c1-29-9-4-19(5-10-29)31-15-18(14-26-31)27-22-25-13-17(12-23)21(28-22)24-6-2-7-30-8-3-11-33-16-20(30)32/h3,11,13-15,19H,2,4-10,16H2,1H3,(H2,24,25,27,28). The number of hydrogen-bond acceptors (Lipinski definition) is 9. The molecule has 1 amide bonds. The molecule has 0 unspecified atom stereocenters. The SMILES string of the molecule is CN1CCC(n2cc(Nc3ncc(C#N)c(NCCCN4CC=COCC4=O)n3)cn2)CC1. The van der Waals surface area contributed by atoms with Crippen molar-refractivity contribution in [2.75, 3.05) is 57.0 Å². The van der Waals surface area contributed by atoms with Crippen LogP contribution >= 0.6 is 0 Å². The third kappa shape index (κ3) is 5.98. The Kier molecular flexibility index (Phi) is 7.36. The molecule has 1 saturated heterocycles. The quantitative estimate of drug-likeness (QED) is 0.577. The van der Waals surface area contributed by atoms with Crippen LogP contribution in [0.25, 0.3) is 0 Å². The van der Waals surface area contributed by atoms with Gasteiger partial charge < -0.3 is 25.2 Å². The second-order valence-electron chi connectivity index (χ2n) is 8.24. The van der Waals surface area contributed by atoms with Crippen molar-refractivity contribution in [3.63, 3.8) is 0 Å². The molecule has 2 aliphatic heterocycles. The number of anilines is 3. The molecule has 0 aliphatic carbocycles. The summed E-state index contributed by atoms with van der Waals surface area (Å²) < 4.78 is 7.09. The van der Waals surface area contributed by atoms with Crippen LogP contribution in [-0.2, 0) is 9.53 Å². The van der Waals surface area contributed by atoms with Gasteiger partial charge in [-0.1, -0.05) is 0 Å². The Hall–Kier alpha value is -3.65. The van der Waals surface area contributed by atoms with Crippen LogP contribution in [0.5, 0.6) is 0 Å². The number of ether oxygens (including phenoxy) is 1. The molecule has 174 valence electrons. The van der Waals surface area contributed by atoms with Crippen molar-refractivity contribution < 1.29 is 9.53 Å². The van der Waals surface area contributed by atoms with Gasteiger partial charge in [0.2, 0.25) is 5.95 Å². The topological polar surface area (TPSA) is 124 Å². The summed E-state index contributed by atoms with van der Waals surface area (Å²) in [5.74, 6) is 0.819. The maximum atomic E-state index is 12.0. The Bertz CT molecular complexity index is 1020. The molecular weight excluding hydrogens is 422 g/mol. The third-order valence-corrected chi connectivity index (χ3v) is 5.80. The summed E-state index contributed by atoms with van der Waals surface area (Å²) in [5.41, 5.74) is 1.17.